The van der Waals surface area contributed by atoms with E-state index in [0.29, 0.717) is 23.2 Å². The molecule has 0 aromatic heterocycles. The summed E-state index contributed by atoms with van der Waals surface area (Å²) >= 11 is 5.21. The van der Waals surface area contributed by atoms with Crippen LogP contribution in [0.5, 0.6) is 0 Å². The van der Waals surface area contributed by atoms with E-state index in [1.165, 1.54) is 0 Å². The third-order valence-corrected chi connectivity index (χ3v) is 6.04. The first kappa shape index (κ1) is 16.9. The maximum atomic E-state index is 11.4. The van der Waals surface area contributed by atoms with Gasteiger partial charge < -0.3 is 15.4 Å². The summed E-state index contributed by atoms with van der Waals surface area (Å²) in [5, 5.41) is 6.93. The number of rotatable bonds is 6. The lowest BCUT2D eigenvalue weighted by Crippen LogP contribution is -2.41. The lowest BCUT2D eigenvalue weighted by molar-refractivity contribution is 0.0376. The lowest BCUT2D eigenvalue weighted by atomic mass is 10.1. The van der Waals surface area contributed by atoms with Crippen molar-refractivity contribution in [1.82, 2.24) is 15.5 Å². The molecule has 8 heteroatoms. The Bertz CT molecular complexity index is 436. The summed E-state index contributed by atoms with van der Waals surface area (Å²) < 4.78 is 28.0. The summed E-state index contributed by atoms with van der Waals surface area (Å²) in [6, 6.07) is 0. The third-order valence-electron chi connectivity index (χ3n) is 3.92. The third kappa shape index (κ3) is 6.46. The van der Waals surface area contributed by atoms with Gasteiger partial charge in [0.1, 0.15) is 0 Å². The molecule has 0 amide bonds. The fourth-order valence-corrected chi connectivity index (χ4v) is 4.71. The molecule has 0 radical (unpaired) electrons. The average Bonchev–Trinajstić information content (AvgIpc) is 2.82. The number of nitrogens with zero attached hydrogens (tertiary/aromatic N) is 1. The normalized spacial score (nSPS) is 25.6. The van der Waals surface area contributed by atoms with E-state index in [-0.39, 0.29) is 5.92 Å². The van der Waals surface area contributed by atoms with Gasteiger partial charge in [0, 0.05) is 26.2 Å². The van der Waals surface area contributed by atoms with Gasteiger partial charge in [-0.2, -0.15) is 0 Å². The van der Waals surface area contributed by atoms with Crippen molar-refractivity contribution in [2.45, 2.75) is 12.8 Å². The maximum Gasteiger partial charge on any atom is 0.166 e. The Hall–Kier alpha value is -0.440. The Morgan fingerprint density at radius 2 is 2.05 bits per heavy atom. The van der Waals surface area contributed by atoms with Crippen LogP contribution in [0.4, 0.5) is 0 Å². The van der Waals surface area contributed by atoms with Crippen molar-refractivity contribution in [3.8, 4) is 0 Å². The lowest BCUT2D eigenvalue weighted by Gasteiger charge is -2.26. The van der Waals surface area contributed by atoms with Crippen molar-refractivity contribution in [1.29, 1.82) is 0 Å². The van der Waals surface area contributed by atoms with Gasteiger partial charge in [-0.25, -0.2) is 8.42 Å². The molecule has 2 saturated heterocycles. The highest BCUT2D eigenvalue weighted by molar-refractivity contribution is 7.91. The molecule has 2 aliphatic rings. The Kier molecular flexibility index (Phi) is 6.66. The van der Waals surface area contributed by atoms with Gasteiger partial charge in [-0.05, 0) is 37.5 Å². The van der Waals surface area contributed by atoms with E-state index in [4.69, 9.17) is 17.0 Å². The molecule has 2 rings (SSSR count). The molecule has 1 unspecified atom stereocenters. The fraction of sp³-hybridized carbons (Fsp3) is 0.923. The van der Waals surface area contributed by atoms with Gasteiger partial charge in [0.15, 0.2) is 14.9 Å². The molecule has 0 aromatic carbocycles. The smallest absolute Gasteiger partial charge is 0.166 e. The van der Waals surface area contributed by atoms with Gasteiger partial charge in [-0.1, -0.05) is 0 Å². The van der Waals surface area contributed by atoms with Gasteiger partial charge in [0.2, 0.25) is 0 Å². The standard InChI is InChI=1S/C13H25N3O3S2/c17-21(18)9-2-12(11-21)10-15-13(20)14-3-1-4-16-5-7-19-8-6-16/h12H,1-11H2,(H2,14,15,20). The first-order valence-electron chi connectivity index (χ1n) is 7.57. The molecule has 0 bridgehead atoms. The Balaban J connectivity index is 1.49. The zero-order chi connectivity index (χ0) is 15.1. The van der Waals surface area contributed by atoms with Crippen LogP contribution >= 0.6 is 12.2 Å². The average molecular weight is 335 g/mol. The Morgan fingerprint density at radius 1 is 1.29 bits per heavy atom. The van der Waals surface area contributed by atoms with E-state index in [1.54, 1.807) is 0 Å². The van der Waals surface area contributed by atoms with E-state index in [0.717, 1.165) is 52.2 Å². The van der Waals surface area contributed by atoms with Crippen molar-refractivity contribution >= 4 is 27.2 Å². The van der Waals surface area contributed by atoms with Gasteiger partial charge in [-0.3, -0.25) is 4.90 Å². The number of sulfone groups is 1. The molecule has 2 aliphatic heterocycles. The summed E-state index contributed by atoms with van der Waals surface area (Å²) in [6.07, 6.45) is 1.79. The van der Waals surface area contributed by atoms with E-state index in [9.17, 15) is 8.42 Å². The second-order valence-corrected chi connectivity index (χ2v) is 8.35. The van der Waals surface area contributed by atoms with E-state index >= 15 is 0 Å². The van der Waals surface area contributed by atoms with Crippen molar-refractivity contribution in [3.63, 3.8) is 0 Å². The van der Waals surface area contributed by atoms with Crippen LogP contribution in [0.25, 0.3) is 0 Å². The second-order valence-electron chi connectivity index (χ2n) is 5.71. The monoisotopic (exact) mass is 335 g/mol. The zero-order valence-electron chi connectivity index (χ0n) is 12.3. The van der Waals surface area contributed by atoms with E-state index < -0.39 is 9.84 Å². The molecule has 2 fully saturated rings. The highest BCUT2D eigenvalue weighted by Gasteiger charge is 2.27. The molecular formula is C13H25N3O3S2. The van der Waals surface area contributed by atoms with Gasteiger partial charge in [0.05, 0.1) is 24.7 Å². The first-order valence-corrected chi connectivity index (χ1v) is 9.80. The number of thiocarbonyl (C=S) groups is 1. The van der Waals surface area contributed by atoms with E-state index in [2.05, 4.69) is 15.5 Å². The second kappa shape index (κ2) is 8.26. The molecule has 21 heavy (non-hydrogen) atoms. The minimum absolute atomic E-state index is 0.197. The summed E-state index contributed by atoms with van der Waals surface area (Å²) in [6.45, 7) is 6.23. The number of hydrogen-bond acceptors (Lipinski definition) is 5. The number of nitrogens with one attached hydrogen (secondary N) is 2. The highest BCUT2D eigenvalue weighted by Crippen LogP contribution is 2.17. The molecule has 2 N–H and O–H groups in total. The van der Waals surface area contributed by atoms with Crippen LogP contribution in [0, 0.1) is 5.92 Å². The van der Waals surface area contributed by atoms with Crippen LogP contribution < -0.4 is 10.6 Å². The zero-order valence-corrected chi connectivity index (χ0v) is 14.0. The van der Waals surface area contributed by atoms with Crippen LogP contribution in [0.15, 0.2) is 0 Å². The maximum absolute atomic E-state index is 11.4. The van der Waals surface area contributed by atoms with Crippen LogP contribution in [-0.4, -0.2) is 75.9 Å². The number of ether oxygens (including phenoxy) is 1. The summed E-state index contributed by atoms with van der Waals surface area (Å²) in [7, 11) is -2.80. The number of morpholine rings is 1. The predicted octanol–water partition coefficient (Wildman–Crippen LogP) is -0.392. The van der Waals surface area contributed by atoms with Crippen molar-refractivity contribution in [2.75, 3.05) is 57.4 Å². The molecule has 1 atom stereocenters. The van der Waals surface area contributed by atoms with Gasteiger partial charge in [-0.15, -0.1) is 0 Å². The van der Waals surface area contributed by atoms with Crippen LogP contribution in [0.2, 0.25) is 0 Å². The largest absolute Gasteiger partial charge is 0.379 e. The summed E-state index contributed by atoms with van der Waals surface area (Å²) in [4.78, 5) is 2.39. The van der Waals surface area contributed by atoms with Gasteiger partial charge >= 0.3 is 0 Å². The molecule has 0 saturated carbocycles. The SMILES string of the molecule is O=S1(=O)CCC(CNC(=S)NCCCN2CCOCC2)C1. The fourth-order valence-electron chi connectivity index (χ4n) is 2.66. The predicted molar refractivity (Wildman–Crippen MR) is 87.2 cm³/mol. The van der Waals surface area contributed by atoms with Crippen LogP contribution in [0.3, 0.4) is 0 Å². The highest BCUT2D eigenvalue weighted by atomic mass is 32.2. The van der Waals surface area contributed by atoms with Crippen molar-refractivity contribution in [2.24, 2.45) is 5.92 Å². The molecule has 0 aromatic rings. The molecule has 0 aliphatic carbocycles. The molecule has 2 heterocycles. The Labute approximate surface area is 132 Å². The first-order chi connectivity index (χ1) is 10.1. The summed E-state index contributed by atoms with van der Waals surface area (Å²) in [5.41, 5.74) is 0. The van der Waals surface area contributed by atoms with Crippen LogP contribution in [-0.2, 0) is 14.6 Å². The van der Waals surface area contributed by atoms with Gasteiger partial charge in [0.25, 0.3) is 0 Å². The topological polar surface area (TPSA) is 70.7 Å². The molecule has 6 nitrogen and oxygen atoms in total. The minimum atomic E-state index is -2.80. The molecule has 0 spiro atoms. The Morgan fingerprint density at radius 3 is 2.71 bits per heavy atom. The van der Waals surface area contributed by atoms with E-state index in [1.807, 2.05) is 0 Å². The number of hydrogen-bond donors (Lipinski definition) is 2. The van der Waals surface area contributed by atoms with Crippen molar-refractivity contribution in [3.05, 3.63) is 0 Å². The molecular weight excluding hydrogens is 310 g/mol. The summed E-state index contributed by atoms with van der Waals surface area (Å²) in [5.74, 6) is 0.807. The van der Waals surface area contributed by atoms with Crippen LogP contribution in [0.1, 0.15) is 12.8 Å². The van der Waals surface area contributed by atoms with Crippen molar-refractivity contribution < 1.29 is 13.2 Å². The quantitative estimate of drug-likeness (QED) is 0.506. The minimum Gasteiger partial charge on any atom is -0.379 e. The molecule has 122 valence electrons.